The predicted octanol–water partition coefficient (Wildman–Crippen LogP) is 2.76. The first-order chi connectivity index (χ1) is 11.8. The lowest BCUT2D eigenvalue weighted by atomic mass is 10.1. The van der Waals surface area contributed by atoms with Gasteiger partial charge in [-0.3, -0.25) is 4.79 Å². The third-order valence-corrected chi connectivity index (χ3v) is 5.42. The van der Waals surface area contributed by atoms with Crippen molar-refractivity contribution in [3.05, 3.63) is 23.4 Å². The fraction of sp³-hybridized carbons (Fsp3) is 0.588. The Balaban J connectivity index is 1.33. The molecular formula is C17H21N3O3S. The molecule has 2 fully saturated rings. The topological polar surface area (TPSA) is 68.5 Å². The van der Waals surface area contributed by atoms with Gasteiger partial charge in [-0.25, -0.2) is 0 Å². The molecule has 24 heavy (non-hydrogen) atoms. The van der Waals surface area contributed by atoms with Crippen molar-refractivity contribution in [3.63, 3.8) is 0 Å². The highest BCUT2D eigenvalue weighted by Crippen LogP contribution is 2.30. The van der Waals surface area contributed by atoms with Crippen molar-refractivity contribution in [2.45, 2.75) is 38.1 Å². The van der Waals surface area contributed by atoms with Gasteiger partial charge in [0, 0.05) is 38.0 Å². The van der Waals surface area contributed by atoms with Gasteiger partial charge in [0.1, 0.15) is 0 Å². The third kappa shape index (κ3) is 3.67. The van der Waals surface area contributed by atoms with Crippen LogP contribution in [0.1, 0.15) is 31.6 Å². The van der Waals surface area contributed by atoms with Crippen molar-refractivity contribution in [3.8, 4) is 10.7 Å². The van der Waals surface area contributed by atoms with Crippen molar-refractivity contribution in [1.29, 1.82) is 0 Å². The van der Waals surface area contributed by atoms with Gasteiger partial charge in [-0.2, -0.15) is 4.98 Å². The van der Waals surface area contributed by atoms with Crippen molar-refractivity contribution in [2.24, 2.45) is 5.92 Å². The summed E-state index contributed by atoms with van der Waals surface area (Å²) in [5.74, 6) is 1.82. The summed E-state index contributed by atoms with van der Waals surface area (Å²) in [6.45, 7) is 2.43. The quantitative estimate of drug-likeness (QED) is 0.770. The lowest BCUT2D eigenvalue weighted by molar-refractivity contribution is -0.132. The number of nitrogens with zero attached hydrogens (tertiary/aromatic N) is 3. The number of hydrogen-bond donors (Lipinski definition) is 0. The van der Waals surface area contributed by atoms with E-state index in [9.17, 15) is 4.79 Å². The van der Waals surface area contributed by atoms with Gasteiger partial charge in [0.15, 0.2) is 0 Å². The Kier molecular flexibility index (Phi) is 4.62. The molecular weight excluding hydrogens is 326 g/mol. The summed E-state index contributed by atoms with van der Waals surface area (Å²) in [6.07, 6.45) is 4.24. The molecule has 1 amide bonds. The Hall–Kier alpha value is -1.73. The summed E-state index contributed by atoms with van der Waals surface area (Å²) in [7, 11) is 0. The maximum Gasteiger partial charge on any atom is 0.227 e. The lowest BCUT2D eigenvalue weighted by Gasteiger charge is -2.25. The fourth-order valence-corrected chi connectivity index (χ4v) is 3.72. The van der Waals surface area contributed by atoms with Gasteiger partial charge in [-0.1, -0.05) is 11.2 Å². The van der Waals surface area contributed by atoms with Gasteiger partial charge in [0.2, 0.25) is 17.6 Å². The predicted molar refractivity (Wildman–Crippen MR) is 89.6 cm³/mol. The first-order valence-corrected chi connectivity index (χ1v) is 9.41. The Bertz CT molecular complexity index is 675. The van der Waals surface area contributed by atoms with Crippen LogP contribution in [-0.2, 0) is 16.0 Å². The normalized spacial score (nSPS) is 20.4. The fourth-order valence-electron chi connectivity index (χ4n) is 3.07. The summed E-state index contributed by atoms with van der Waals surface area (Å²) in [4.78, 5) is 20.0. The minimum atomic E-state index is 0.195. The number of aryl methyl sites for hydroxylation is 1. The molecule has 0 radical (unpaired) electrons. The van der Waals surface area contributed by atoms with Crippen LogP contribution < -0.4 is 0 Å². The van der Waals surface area contributed by atoms with Crippen LogP contribution in [0.15, 0.2) is 22.0 Å². The standard InChI is InChI=1S/C17H21N3O3S/c21-16(20(13-3-4-13)10-12-7-8-22-11-12)6-5-15-18-17(19-23-15)14-2-1-9-24-14/h1-2,9,12-13H,3-8,10-11H2/t12-/m0/s1. The first kappa shape index (κ1) is 15.8. The molecule has 0 spiro atoms. The van der Waals surface area contributed by atoms with Crippen molar-refractivity contribution in [2.75, 3.05) is 19.8 Å². The Morgan fingerprint density at radius 2 is 2.29 bits per heavy atom. The SMILES string of the molecule is O=C(CCc1nc(-c2cccs2)no1)N(C[C@@H]1CCOC1)C1CC1. The van der Waals surface area contributed by atoms with Gasteiger partial charge in [-0.05, 0) is 30.7 Å². The number of rotatable bonds is 7. The number of ether oxygens (including phenoxy) is 1. The van der Waals surface area contributed by atoms with Crippen LogP contribution in [0, 0.1) is 5.92 Å². The number of thiophene rings is 1. The van der Waals surface area contributed by atoms with Crippen molar-refractivity contribution in [1.82, 2.24) is 15.0 Å². The Morgan fingerprint density at radius 3 is 3.00 bits per heavy atom. The minimum absolute atomic E-state index is 0.195. The summed E-state index contributed by atoms with van der Waals surface area (Å²) in [5, 5.41) is 5.98. The number of amides is 1. The second-order valence-electron chi connectivity index (χ2n) is 6.50. The van der Waals surface area contributed by atoms with Crippen molar-refractivity contribution < 1.29 is 14.1 Å². The summed E-state index contributed by atoms with van der Waals surface area (Å²) in [6, 6.07) is 4.35. The molecule has 2 aromatic heterocycles. The molecule has 1 aliphatic heterocycles. The second-order valence-corrected chi connectivity index (χ2v) is 7.44. The van der Waals surface area contributed by atoms with E-state index in [1.165, 1.54) is 0 Å². The molecule has 0 aromatic carbocycles. The number of carbonyl (C=O) groups excluding carboxylic acids is 1. The molecule has 2 aliphatic rings. The summed E-state index contributed by atoms with van der Waals surface area (Å²) in [5.41, 5.74) is 0. The van der Waals surface area contributed by atoms with Crippen LogP contribution in [-0.4, -0.2) is 46.7 Å². The van der Waals surface area contributed by atoms with Gasteiger partial charge < -0.3 is 14.2 Å². The van der Waals surface area contributed by atoms with Crippen molar-refractivity contribution >= 4 is 17.2 Å². The minimum Gasteiger partial charge on any atom is -0.381 e. The van der Waals surface area contributed by atoms with Gasteiger partial charge in [0.25, 0.3) is 0 Å². The van der Waals surface area contributed by atoms with E-state index in [-0.39, 0.29) is 5.91 Å². The highest BCUT2D eigenvalue weighted by molar-refractivity contribution is 7.13. The third-order valence-electron chi connectivity index (χ3n) is 4.55. The molecule has 4 rings (SSSR count). The molecule has 1 aliphatic carbocycles. The van der Waals surface area contributed by atoms with E-state index in [0.717, 1.165) is 43.9 Å². The average Bonchev–Trinajstić information content (AvgIpc) is 3.06. The zero-order valence-corrected chi connectivity index (χ0v) is 14.3. The Labute approximate surface area is 144 Å². The van der Waals surface area contributed by atoms with Gasteiger partial charge in [0.05, 0.1) is 11.5 Å². The maximum absolute atomic E-state index is 12.6. The molecule has 6 nitrogen and oxygen atoms in total. The Morgan fingerprint density at radius 1 is 1.38 bits per heavy atom. The molecule has 1 saturated carbocycles. The van der Waals surface area contributed by atoms with E-state index in [4.69, 9.17) is 9.26 Å². The van der Waals surface area contributed by atoms with E-state index < -0.39 is 0 Å². The zero-order valence-electron chi connectivity index (χ0n) is 13.5. The average molecular weight is 347 g/mol. The molecule has 1 atom stereocenters. The zero-order chi connectivity index (χ0) is 16.4. The number of hydrogen-bond acceptors (Lipinski definition) is 6. The molecule has 1 saturated heterocycles. The number of aromatic nitrogens is 2. The highest BCUT2D eigenvalue weighted by Gasteiger charge is 2.34. The molecule has 128 valence electrons. The molecule has 7 heteroatoms. The van der Waals surface area contributed by atoms with E-state index in [1.807, 2.05) is 17.5 Å². The number of carbonyl (C=O) groups is 1. The van der Waals surface area contributed by atoms with Crippen LogP contribution in [0.2, 0.25) is 0 Å². The monoisotopic (exact) mass is 347 g/mol. The smallest absolute Gasteiger partial charge is 0.227 e. The molecule has 3 heterocycles. The molecule has 2 aromatic rings. The van der Waals surface area contributed by atoms with Crippen LogP contribution in [0.25, 0.3) is 10.7 Å². The molecule has 0 N–H and O–H groups in total. The van der Waals surface area contributed by atoms with Crippen LogP contribution in [0.4, 0.5) is 0 Å². The second kappa shape index (κ2) is 7.03. The largest absolute Gasteiger partial charge is 0.381 e. The molecule has 0 unspecified atom stereocenters. The summed E-state index contributed by atoms with van der Waals surface area (Å²) < 4.78 is 10.7. The van der Waals surface area contributed by atoms with E-state index in [1.54, 1.807) is 11.3 Å². The van der Waals surface area contributed by atoms with E-state index in [0.29, 0.717) is 36.5 Å². The van der Waals surface area contributed by atoms with Crippen LogP contribution >= 0.6 is 11.3 Å². The van der Waals surface area contributed by atoms with Crippen LogP contribution in [0.5, 0.6) is 0 Å². The highest BCUT2D eigenvalue weighted by atomic mass is 32.1. The lowest BCUT2D eigenvalue weighted by Crippen LogP contribution is -2.37. The maximum atomic E-state index is 12.6. The van der Waals surface area contributed by atoms with E-state index >= 15 is 0 Å². The first-order valence-electron chi connectivity index (χ1n) is 8.53. The molecule has 0 bridgehead atoms. The van der Waals surface area contributed by atoms with Gasteiger partial charge in [-0.15, -0.1) is 11.3 Å². The summed E-state index contributed by atoms with van der Waals surface area (Å²) >= 11 is 1.58. The van der Waals surface area contributed by atoms with Gasteiger partial charge >= 0.3 is 0 Å². The van der Waals surface area contributed by atoms with Crippen LogP contribution in [0.3, 0.4) is 0 Å². The van der Waals surface area contributed by atoms with E-state index in [2.05, 4.69) is 15.0 Å².